The zero-order valence-corrected chi connectivity index (χ0v) is 10.4. The number of aryl methyl sites for hydroxylation is 1. The van der Waals surface area contributed by atoms with Crippen LogP contribution < -0.4 is 5.73 Å². The molecule has 0 bridgehead atoms. The molecule has 1 aliphatic heterocycles. The lowest BCUT2D eigenvalue weighted by molar-refractivity contribution is 0.204. The molecule has 2 amide bonds. The van der Waals surface area contributed by atoms with Gasteiger partial charge in [-0.1, -0.05) is 0 Å². The van der Waals surface area contributed by atoms with Crippen molar-refractivity contribution in [1.29, 1.82) is 0 Å². The van der Waals surface area contributed by atoms with Gasteiger partial charge in [-0.2, -0.15) is 10.1 Å². The quantitative estimate of drug-likeness (QED) is 0.867. The highest BCUT2D eigenvalue weighted by atomic mass is 16.2. The van der Waals surface area contributed by atoms with E-state index in [0.29, 0.717) is 11.8 Å². The van der Waals surface area contributed by atoms with Gasteiger partial charge in [-0.15, -0.1) is 0 Å². The summed E-state index contributed by atoms with van der Waals surface area (Å²) in [6.07, 6.45) is 6.11. The number of urea groups is 1. The molecule has 96 valence electrons. The van der Waals surface area contributed by atoms with Crippen molar-refractivity contribution in [2.24, 2.45) is 16.6 Å². The van der Waals surface area contributed by atoms with Gasteiger partial charge in [0.25, 0.3) is 0 Å². The van der Waals surface area contributed by atoms with E-state index in [1.165, 1.54) is 12.8 Å². The Hall–Kier alpha value is -1.85. The minimum Gasteiger partial charge on any atom is -0.385 e. The molecule has 0 aromatic carbocycles. The first-order chi connectivity index (χ1) is 8.69. The van der Waals surface area contributed by atoms with Crippen LogP contribution in [0, 0.1) is 5.92 Å². The Bertz CT molecular complexity index is 502. The zero-order valence-electron chi connectivity index (χ0n) is 10.4. The molecule has 18 heavy (non-hydrogen) atoms. The van der Waals surface area contributed by atoms with Crippen molar-refractivity contribution in [3.8, 4) is 0 Å². The van der Waals surface area contributed by atoms with Crippen LogP contribution in [0.3, 0.4) is 0 Å². The van der Waals surface area contributed by atoms with Crippen LogP contribution in [-0.4, -0.2) is 33.1 Å². The Morgan fingerprint density at radius 1 is 1.50 bits per heavy atom. The van der Waals surface area contributed by atoms with Crippen molar-refractivity contribution in [3.05, 3.63) is 18.0 Å². The van der Waals surface area contributed by atoms with E-state index in [1.807, 2.05) is 17.8 Å². The predicted molar refractivity (Wildman–Crippen MR) is 67.1 cm³/mol. The maximum absolute atomic E-state index is 11.8. The second-order valence-corrected chi connectivity index (χ2v) is 4.95. The summed E-state index contributed by atoms with van der Waals surface area (Å²) in [5, 5.41) is 4.24. The average Bonchev–Trinajstić information content (AvgIpc) is 2.96. The normalized spacial score (nSPS) is 23.6. The maximum atomic E-state index is 11.8. The number of nitrogens with zero attached hydrogens (tertiary/aromatic N) is 4. The van der Waals surface area contributed by atoms with E-state index < -0.39 is 0 Å². The third kappa shape index (κ3) is 1.87. The molecule has 1 fully saturated rings. The number of aliphatic imine (C=N–C) groups is 1. The fraction of sp³-hybridized carbons (Fsp3) is 0.583. The number of carbonyl (C=O) groups excluding carboxylic acids is 1. The lowest BCUT2D eigenvalue weighted by Gasteiger charge is -2.23. The third-order valence-electron chi connectivity index (χ3n) is 3.51. The molecule has 6 heteroatoms. The first-order valence-corrected chi connectivity index (χ1v) is 6.36. The van der Waals surface area contributed by atoms with Crippen LogP contribution in [0.25, 0.3) is 0 Å². The highest BCUT2D eigenvalue weighted by molar-refractivity contribution is 6.03. The molecule has 1 aromatic heterocycles. The maximum Gasteiger partial charge on any atom is 0.346 e. The summed E-state index contributed by atoms with van der Waals surface area (Å²) in [6.45, 7) is 3.58. The van der Waals surface area contributed by atoms with Crippen molar-refractivity contribution in [2.75, 3.05) is 6.54 Å². The van der Waals surface area contributed by atoms with Gasteiger partial charge in [-0.05, 0) is 25.7 Å². The molecule has 0 radical (unpaired) electrons. The Balaban J connectivity index is 1.86. The number of amidine groups is 1. The van der Waals surface area contributed by atoms with Gasteiger partial charge in [0, 0.05) is 24.8 Å². The summed E-state index contributed by atoms with van der Waals surface area (Å²) in [4.78, 5) is 17.5. The topological polar surface area (TPSA) is 76.5 Å². The van der Waals surface area contributed by atoms with Crippen molar-refractivity contribution in [2.45, 2.75) is 32.4 Å². The molecule has 0 spiro atoms. The Labute approximate surface area is 105 Å². The number of carbonyl (C=O) groups is 1. The molecular formula is C12H17N5O. The number of hydrogen-bond acceptors (Lipinski definition) is 3. The summed E-state index contributed by atoms with van der Waals surface area (Å²) in [7, 11) is 0. The smallest absolute Gasteiger partial charge is 0.346 e. The third-order valence-corrected chi connectivity index (χ3v) is 3.51. The summed E-state index contributed by atoms with van der Waals surface area (Å²) in [5.74, 6) is 1.01. The standard InChI is InChI=1S/C12H17N5O/c1-2-16-7-9(5-14-16)10-11(13)15-12(18)17(10)6-8-3-4-8/h5,7-8,10H,2-4,6H2,1H3,(H2,13,15,18). The van der Waals surface area contributed by atoms with Crippen LogP contribution in [0.1, 0.15) is 31.4 Å². The number of rotatable bonds is 4. The van der Waals surface area contributed by atoms with E-state index in [2.05, 4.69) is 10.1 Å². The summed E-state index contributed by atoms with van der Waals surface area (Å²) in [5.41, 5.74) is 6.84. The van der Waals surface area contributed by atoms with Gasteiger partial charge in [0.05, 0.1) is 6.20 Å². The van der Waals surface area contributed by atoms with Crippen molar-refractivity contribution >= 4 is 11.9 Å². The lowest BCUT2D eigenvalue weighted by Crippen LogP contribution is -2.34. The first-order valence-electron chi connectivity index (χ1n) is 6.36. The molecule has 2 heterocycles. The highest BCUT2D eigenvalue weighted by Crippen LogP contribution is 2.35. The summed E-state index contributed by atoms with van der Waals surface area (Å²) < 4.78 is 1.83. The van der Waals surface area contributed by atoms with Gasteiger partial charge in [0.1, 0.15) is 11.9 Å². The van der Waals surface area contributed by atoms with Crippen LogP contribution in [-0.2, 0) is 6.54 Å². The molecule has 1 aromatic rings. The average molecular weight is 247 g/mol. The van der Waals surface area contributed by atoms with E-state index >= 15 is 0 Å². The molecule has 1 atom stereocenters. The Kier molecular flexibility index (Phi) is 2.57. The second-order valence-electron chi connectivity index (χ2n) is 4.95. The van der Waals surface area contributed by atoms with E-state index in [1.54, 1.807) is 11.1 Å². The first kappa shape index (κ1) is 11.3. The fourth-order valence-corrected chi connectivity index (χ4v) is 2.31. The molecule has 1 saturated carbocycles. The molecular weight excluding hydrogens is 230 g/mol. The lowest BCUT2D eigenvalue weighted by atomic mass is 10.1. The SMILES string of the molecule is CCn1cc(C2C(N)=NC(=O)N2CC2CC2)cn1. The van der Waals surface area contributed by atoms with Crippen LogP contribution >= 0.6 is 0 Å². The second kappa shape index (κ2) is 4.12. The molecule has 1 unspecified atom stereocenters. The fourth-order valence-electron chi connectivity index (χ4n) is 2.31. The molecule has 3 rings (SSSR count). The van der Waals surface area contributed by atoms with Gasteiger partial charge in [0.15, 0.2) is 0 Å². The largest absolute Gasteiger partial charge is 0.385 e. The highest BCUT2D eigenvalue weighted by Gasteiger charge is 2.38. The predicted octanol–water partition coefficient (Wildman–Crippen LogP) is 1.15. The summed E-state index contributed by atoms with van der Waals surface area (Å²) >= 11 is 0. The molecule has 0 saturated heterocycles. The number of nitrogens with two attached hydrogens (primary N) is 1. The van der Waals surface area contributed by atoms with E-state index in [-0.39, 0.29) is 12.1 Å². The molecule has 2 N–H and O–H groups in total. The monoisotopic (exact) mass is 247 g/mol. The van der Waals surface area contributed by atoms with Crippen molar-refractivity contribution in [3.63, 3.8) is 0 Å². The van der Waals surface area contributed by atoms with E-state index in [9.17, 15) is 4.79 Å². The molecule has 1 aliphatic carbocycles. The Morgan fingerprint density at radius 3 is 2.89 bits per heavy atom. The number of hydrogen-bond donors (Lipinski definition) is 1. The Morgan fingerprint density at radius 2 is 2.28 bits per heavy atom. The van der Waals surface area contributed by atoms with E-state index in [0.717, 1.165) is 18.7 Å². The van der Waals surface area contributed by atoms with E-state index in [4.69, 9.17) is 5.73 Å². The van der Waals surface area contributed by atoms with Crippen LogP contribution in [0.4, 0.5) is 4.79 Å². The van der Waals surface area contributed by atoms with Gasteiger partial charge >= 0.3 is 6.03 Å². The van der Waals surface area contributed by atoms with Crippen LogP contribution in [0.2, 0.25) is 0 Å². The van der Waals surface area contributed by atoms with Crippen LogP contribution in [0.15, 0.2) is 17.4 Å². The van der Waals surface area contributed by atoms with Crippen molar-refractivity contribution < 1.29 is 4.79 Å². The molecule has 6 nitrogen and oxygen atoms in total. The van der Waals surface area contributed by atoms with Gasteiger partial charge in [-0.3, -0.25) is 4.68 Å². The van der Waals surface area contributed by atoms with Gasteiger partial charge < -0.3 is 10.6 Å². The van der Waals surface area contributed by atoms with Crippen molar-refractivity contribution in [1.82, 2.24) is 14.7 Å². The number of aromatic nitrogens is 2. The minimum absolute atomic E-state index is 0.214. The van der Waals surface area contributed by atoms with Crippen LogP contribution in [0.5, 0.6) is 0 Å². The van der Waals surface area contributed by atoms with Gasteiger partial charge in [0.2, 0.25) is 0 Å². The minimum atomic E-state index is -0.224. The summed E-state index contributed by atoms with van der Waals surface area (Å²) in [6, 6.07) is -0.438. The number of amides is 2. The molecule has 2 aliphatic rings. The zero-order chi connectivity index (χ0) is 12.7. The van der Waals surface area contributed by atoms with Gasteiger partial charge in [-0.25, -0.2) is 4.79 Å².